The third kappa shape index (κ3) is 4.60. The van der Waals surface area contributed by atoms with E-state index in [1.54, 1.807) is 13.1 Å². The van der Waals surface area contributed by atoms with Crippen LogP contribution in [0, 0.1) is 0 Å². The molecule has 3 aromatic carbocycles. The number of hydrogen-bond donors (Lipinski definition) is 2. The summed E-state index contributed by atoms with van der Waals surface area (Å²) in [6.07, 6.45) is 2.58. The monoisotopic (exact) mass is 464 g/mol. The van der Waals surface area contributed by atoms with Gasteiger partial charge in [0.2, 0.25) is 11.8 Å². The molecule has 2 heterocycles. The Bertz CT molecular complexity index is 1430. The van der Waals surface area contributed by atoms with Gasteiger partial charge < -0.3 is 15.5 Å². The van der Waals surface area contributed by atoms with Crippen LogP contribution in [0.3, 0.4) is 0 Å². The van der Waals surface area contributed by atoms with Crippen molar-refractivity contribution < 1.29 is 9.59 Å². The van der Waals surface area contributed by atoms with E-state index in [0.717, 1.165) is 51.1 Å². The lowest BCUT2D eigenvalue weighted by molar-refractivity contribution is -0.117. The van der Waals surface area contributed by atoms with Crippen molar-refractivity contribution in [3.63, 3.8) is 0 Å². The predicted molar refractivity (Wildman–Crippen MR) is 142 cm³/mol. The first-order chi connectivity index (χ1) is 16.9. The quantitative estimate of drug-likeness (QED) is 0.379. The smallest absolute Gasteiger partial charge is 0.224 e. The fourth-order valence-corrected chi connectivity index (χ4v) is 5.01. The SMILES string of the molecule is CC(=O)Nc1cccc(-c2ccc3c(c2)[C@H](Nc2ccc4ncccc4c2)C[C@H](C)N3C(C)=O)c1. The molecule has 0 aliphatic carbocycles. The molecule has 0 spiro atoms. The highest BCUT2D eigenvalue weighted by Gasteiger charge is 2.32. The summed E-state index contributed by atoms with van der Waals surface area (Å²) in [7, 11) is 0. The van der Waals surface area contributed by atoms with E-state index in [4.69, 9.17) is 0 Å². The van der Waals surface area contributed by atoms with Gasteiger partial charge in [0.05, 0.1) is 11.6 Å². The maximum absolute atomic E-state index is 12.5. The average Bonchev–Trinajstić information content (AvgIpc) is 2.83. The Labute approximate surface area is 205 Å². The number of aromatic nitrogens is 1. The van der Waals surface area contributed by atoms with Crippen LogP contribution in [-0.2, 0) is 9.59 Å². The number of benzene rings is 3. The molecule has 0 unspecified atom stereocenters. The van der Waals surface area contributed by atoms with Gasteiger partial charge in [-0.3, -0.25) is 14.6 Å². The Morgan fingerprint density at radius 1 is 0.914 bits per heavy atom. The molecule has 2 amide bonds. The third-order valence-corrected chi connectivity index (χ3v) is 6.48. The summed E-state index contributed by atoms with van der Waals surface area (Å²) in [6, 6.07) is 24.3. The Hall–Kier alpha value is -4.19. The molecule has 0 bridgehead atoms. The summed E-state index contributed by atoms with van der Waals surface area (Å²) >= 11 is 0. The minimum Gasteiger partial charge on any atom is -0.378 e. The molecule has 0 radical (unpaired) electrons. The standard InChI is InChI=1S/C29H28N4O2/c1-18-14-28(32-25-10-11-27-23(16-25)7-5-13-30-27)26-17-22(9-12-29(26)33(18)20(3)35)21-6-4-8-24(15-21)31-19(2)34/h4-13,15-18,28,32H,14H2,1-3H3,(H,31,34)/t18-,28+/m0/s1. The Morgan fingerprint density at radius 2 is 1.74 bits per heavy atom. The van der Waals surface area contributed by atoms with E-state index >= 15 is 0 Å². The second kappa shape index (κ2) is 9.22. The van der Waals surface area contributed by atoms with Crippen molar-refractivity contribution in [2.45, 2.75) is 39.3 Å². The highest BCUT2D eigenvalue weighted by atomic mass is 16.2. The number of carbonyl (C=O) groups excluding carboxylic acids is 2. The van der Waals surface area contributed by atoms with Gasteiger partial charge in [0.1, 0.15) is 0 Å². The summed E-state index contributed by atoms with van der Waals surface area (Å²) in [5.74, 6) is -0.0667. The normalized spacial score (nSPS) is 17.1. The Kier molecular flexibility index (Phi) is 5.95. The van der Waals surface area contributed by atoms with Crippen LogP contribution in [0.4, 0.5) is 17.1 Å². The van der Waals surface area contributed by atoms with Crippen LogP contribution in [0.2, 0.25) is 0 Å². The van der Waals surface area contributed by atoms with E-state index in [1.165, 1.54) is 6.92 Å². The van der Waals surface area contributed by atoms with E-state index < -0.39 is 0 Å². The molecule has 1 aliphatic heterocycles. The van der Waals surface area contributed by atoms with Crippen LogP contribution >= 0.6 is 0 Å². The highest BCUT2D eigenvalue weighted by Crippen LogP contribution is 2.41. The molecule has 6 heteroatoms. The summed E-state index contributed by atoms with van der Waals surface area (Å²) in [5.41, 5.74) is 6.77. The highest BCUT2D eigenvalue weighted by molar-refractivity contribution is 5.95. The van der Waals surface area contributed by atoms with Gasteiger partial charge in [-0.15, -0.1) is 0 Å². The van der Waals surface area contributed by atoms with Gasteiger partial charge in [-0.2, -0.15) is 0 Å². The van der Waals surface area contributed by atoms with Gasteiger partial charge in [-0.05, 0) is 78.6 Å². The van der Waals surface area contributed by atoms with Gasteiger partial charge in [0, 0.05) is 48.5 Å². The molecule has 35 heavy (non-hydrogen) atoms. The molecule has 2 N–H and O–H groups in total. The van der Waals surface area contributed by atoms with Crippen LogP contribution in [0.5, 0.6) is 0 Å². The zero-order valence-corrected chi connectivity index (χ0v) is 20.1. The van der Waals surface area contributed by atoms with Gasteiger partial charge in [0.25, 0.3) is 0 Å². The van der Waals surface area contributed by atoms with E-state index in [9.17, 15) is 9.59 Å². The first-order valence-corrected chi connectivity index (χ1v) is 11.8. The fraction of sp³-hybridized carbons (Fsp3) is 0.207. The molecular weight excluding hydrogens is 436 g/mol. The van der Waals surface area contributed by atoms with Crippen molar-refractivity contribution in [2.75, 3.05) is 15.5 Å². The van der Waals surface area contributed by atoms with E-state index in [2.05, 4.69) is 46.8 Å². The fourth-order valence-electron chi connectivity index (χ4n) is 5.01. The molecule has 4 aromatic rings. The molecule has 0 saturated heterocycles. The van der Waals surface area contributed by atoms with Crippen LogP contribution in [0.25, 0.3) is 22.0 Å². The van der Waals surface area contributed by atoms with Gasteiger partial charge in [-0.1, -0.05) is 24.3 Å². The Morgan fingerprint density at radius 3 is 2.54 bits per heavy atom. The number of nitrogens with zero attached hydrogens (tertiary/aromatic N) is 2. The number of hydrogen-bond acceptors (Lipinski definition) is 4. The maximum atomic E-state index is 12.5. The minimum atomic E-state index is -0.103. The van der Waals surface area contributed by atoms with E-state index in [-0.39, 0.29) is 23.9 Å². The lowest BCUT2D eigenvalue weighted by atomic mass is 9.88. The molecule has 1 aliphatic rings. The molecular formula is C29H28N4O2. The van der Waals surface area contributed by atoms with Crippen molar-refractivity contribution in [1.29, 1.82) is 0 Å². The number of nitrogens with one attached hydrogen (secondary N) is 2. The molecule has 5 rings (SSSR count). The number of fused-ring (bicyclic) bond motifs is 2. The zero-order chi connectivity index (χ0) is 24.5. The van der Waals surface area contributed by atoms with Crippen LogP contribution in [0.1, 0.15) is 38.8 Å². The second-order valence-corrected chi connectivity index (χ2v) is 9.12. The van der Waals surface area contributed by atoms with Crippen LogP contribution < -0.4 is 15.5 Å². The molecule has 0 fully saturated rings. The number of pyridine rings is 1. The topological polar surface area (TPSA) is 74.3 Å². The third-order valence-electron chi connectivity index (χ3n) is 6.48. The lowest BCUT2D eigenvalue weighted by Crippen LogP contribution is -2.43. The van der Waals surface area contributed by atoms with Crippen molar-refractivity contribution in [3.8, 4) is 11.1 Å². The summed E-state index contributed by atoms with van der Waals surface area (Å²) in [5, 5.41) is 7.64. The largest absolute Gasteiger partial charge is 0.378 e. The van der Waals surface area contributed by atoms with Gasteiger partial charge in [0.15, 0.2) is 0 Å². The maximum Gasteiger partial charge on any atom is 0.224 e. The zero-order valence-electron chi connectivity index (χ0n) is 20.1. The summed E-state index contributed by atoms with van der Waals surface area (Å²) < 4.78 is 0. The number of anilines is 3. The van der Waals surface area contributed by atoms with E-state index in [0.29, 0.717) is 0 Å². The lowest BCUT2D eigenvalue weighted by Gasteiger charge is -2.39. The predicted octanol–water partition coefficient (Wildman–Crippen LogP) is 6.16. The summed E-state index contributed by atoms with van der Waals surface area (Å²) in [6.45, 7) is 5.21. The van der Waals surface area contributed by atoms with Crippen LogP contribution in [0.15, 0.2) is 79.0 Å². The van der Waals surface area contributed by atoms with Crippen molar-refractivity contribution in [1.82, 2.24) is 4.98 Å². The first-order valence-electron chi connectivity index (χ1n) is 11.8. The van der Waals surface area contributed by atoms with E-state index in [1.807, 2.05) is 53.4 Å². The molecule has 0 saturated carbocycles. The van der Waals surface area contributed by atoms with Crippen molar-refractivity contribution in [3.05, 3.63) is 84.6 Å². The van der Waals surface area contributed by atoms with Crippen LogP contribution in [-0.4, -0.2) is 22.8 Å². The van der Waals surface area contributed by atoms with Gasteiger partial charge in [-0.25, -0.2) is 0 Å². The van der Waals surface area contributed by atoms with Gasteiger partial charge >= 0.3 is 0 Å². The molecule has 176 valence electrons. The molecule has 1 aromatic heterocycles. The first kappa shape index (κ1) is 22.6. The average molecular weight is 465 g/mol. The van der Waals surface area contributed by atoms with Crippen molar-refractivity contribution in [2.24, 2.45) is 0 Å². The number of rotatable bonds is 4. The molecule has 2 atom stereocenters. The summed E-state index contributed by atoms with van der Waals surface area (Å²) in [4.78, 5) is 30.4. The minimum absolute atomic E-state index is 0.0307. The molecule has 6 nitrogen and oxygen atoms in total. The number of amides is 2. The Balaban J connectivity index is 1.55. The van der Waals surface area contributed by atoms with Crippen molar-refractivity contribution >= 4 is 39.8 Å². The number of carbonyl (C=O) groups is 2. The second-order valence-electron chi connectivity index (χ2n) is 9.12.